The maximum absolute atomic E-state index is 5.11. The first kappa shape index (κ1) is 10.6. The molecule has 2 aromatic carbocycles. The number of benzene rings is 2. The molecule has 0 unspecified atom stereocenters. The van der Waals surface area contributed by atoms with Gasteiger partial charge in [0.2, 0.25) is 0 Å². The Labute approximate surface area is 114 Å². The second-order valence-electron chi connectivity index (χ2n) is 4.60. The van der Waals surface area contributed by atoms with Crippen LogP contribution in [-0.2, 0) is 0 Å². The summed E-state index contributed by atoms with van der Waals surface area (Å²) in [6, 6.07) is 14.6. The van der Waals surface area contributed by atoms with Crippen LogP contribution < -0.4 is 0 Å². The van der Waals surface area contributed by atoms with Crippen molar-refractivity contribution in [2.24, 2.45) is 0 Å². The first-order chi connectivity index (χ1) is 9.29. The van der Waals surface area contributed by atoms with Crippen molar-refractivity contribution in [2.45, 2.75) is 0 Å². The van der Waals surface area contributed by atoms with Crippen LogP contribution in [0.2, 0.25) is 0 Å². The smallest absolute Gasteiger partial charge is 0.175 e. The number of H-pyrrole nitrogens is 2. The molecule has 0 aliphatic carbocycles. The van der Waals surface area contributed by atoms with Crippen LogP contribution in [-0.4, -0.2) is 14.5 Å². The van der Waals surface area contributed by atoms with Crippen molar-refractivity contribution in [3.05, 3.63) is 59.6 Å². The molecule has 4 rings (SSSR count). The van der Waals surface area contributed by atoms with E-state index in [1.165, 1.54) is 10.8 Å². The lowest BCUT2D eigenvalue weighted by Gasteiger charge is -2.01. The van der Waals surface area contributed by atoms with Gasteiger partial charge in [0, 0.05) is 18.1 Å². The average molecular weight is 265 g/mol. The fraction of sp³-hybridized carbons (Fsp3) is 0. The van der Waals surface area contributed by atoms with Gasteiger partial charge in [0.25, 0.3) is 0 Å². The quantitative estimate of drug-likeness (QED) is 0.498. The largest absolute Gasteiger partial charge is 0.331 e. The predicted octanol–water partition coefficient (Wildman–Crippen LogP) is 4.17. The summed E-state index contributed by atoms with van der Waals surface area (Å²) in [4.78, 5) is 6.26. The molecule has 0 amide bonds. The Balaban J connectivity index is 1.95. The van der Waals surface area contributed by atoms with E-state index in [2.05, 4.69) is 63.3 Å². The lowest BCUT2D eigenvalue weighted by molar-refractivity contribution is 1.09. The Bertz CT molecular complexity index is 910. The first-order valence-electron chi connectivity index (χ1n) is 6.09. The van der Waals surface area contributed by atoms with Gasteiger partial charge in [-0.2, -0.15) is 0 Å². The number of fused-ring (bicyclic) bond motifs is 2. The summed E-state index contributed by atoms with van der Waals surface area (Å²) in [5.74, 6) is 0. The second-order valence-corrected chi connectivity index (χ2v) is 5.01. The fourth-order valence-corrected chi connectivity index (χ4v) is 2.63. The zero-order chi connectivity index (χ0) is 12.8. The van der Waals surface area contributed by atoms with Crippen LogP contribution in [0.5, 0.6) is 0 Å². The normalized spacial score (nSPS) is 11.4. The summed E-state index contributed by atoms with van der Waals surface area (Å²) < 4.78 is 2.79. The SMILES string of the molecule is S=c1[nH]c2ccc(-n3cc4ccccc4c3)cc2[nH]1. The van der Waals surface area contributed by atoms with Gasteiger partial charge >= 0.3 is 0 Å². The number of aromatic amines is 2. The molecule has 2 heterocycles. The summed E-state index contributed by atoms with van der Waals surface area (Å²) in [5, 5.41) is 2.48. The minimum atomic E-state index is 0.657. The monoisotopic (exact) mass is 265 g/mol. The van der Waals surface area contributed by atoms with E-state index < -0.39 is 0 Å². The highest BCUT2D eigenvalue weighted by molar-refractivity contribution is 7.71. The van der Waals surface area contributed by atoms with E-state index in [4.69, 9.17) is 12.2 Å². The van der Waals surface area contributed by atoms with Crippen molar-refractivity contribution in [1.82, 2.24) is 14.5 Å². The van der Waals surface area contributed by atoms with Crippen molar-refractivity contribution in [3.63, 3.8) is 0 Å². The van der Waals surface area contributed by atoms with E-state index in [-0.39, 0.29) is 0 Å². The molecule has 4 heteroatoms. The summed E-state index contributed by atoms with van der Waals surface area (Å²) >= 11 is 5.11. The number of rotatable bonds is 1. The number of hydrogen-bond donors (Lipinski definition) is 2. The standard InChI is InChI=1S/C15H11N3S/c19-15-16-13-6-5-12(7-14(13)17-15)18-8-10-3-1-2-4-11(10)9-18/h1-9H,(H2,16,17,19). The van der Waals surface area contributed by atoms with E-state index >= 15 is 0 Å². The van der Waals surface area contributed by atoms with Crippen LogP contribution in [0.3, 0.4) is 0 Å². The molecular formula is C15H11N3S. The highest BCUT2D eigenvalue weighted by Crippen LogP contribution is 2.21. The van der Waals surface area contributed by atoms with Gasteiger partial charge in [-0.15, -0.1) is 0 Å². The summed E-state index contributed by atoms with van der Waals surface area (Å²) in [6.45, 7) is 0. The maximum atomic E-state index is 5.11. The van der Waals surface area contributed by atoms with Crippen molar-refractivity contribution in [2.75, 3.05) is 0 Å². The zero-order valence-corrected chi connectivity index (χ0v) is 10.9. The molecule has 0 spiro atoms. The van der Waals surface area contributed by atoms with Crippen molar-refractivity contribution < 1.29 is 0 Å². The van der Waals surface area contributed by atoms with Crippen LogP contribution in [0, 0.1) is 4.77 Å². The third kappa shape index (κ3) is 1.69. The van der Waals surface area contributed by atoms with Gasteiger partial charge < -0.3 is 14.5 Å². The number of nitrogens with zero attached hydrogens (tertiary/aromatic N) is 1. The average Bonchev–Trinajstić information content (AvgIpc) is 2.99. The minimum Gasteiger partial charge on any atom is -0.331 e. The van der Waals surface area contributed by atoms with Gasteiger partial charge in [0.15, 0.2) is 4.77 Å². The number of hydrogen-bond acceptors (Lipinski definition) is 1. The summed E-state index contributed by atoms with van der Waals surface area (Å²) in [5.41, 5.74) is 3.18. The molecule has 0 radical (unpaired) electrons. The molecule has 2 aromatic heterocycles. The lowest BCUT2D eigenvalue weighted by Crippen LogP contribution is -1.88. The van der Waals surface area contributed by atoms with Crippen LogP contribution in [0.4, 0.5) is 0 Å². The molecule has 92 valence electrons. The third-order valence-electron chi connectivity index (χ3n) is 3.35. The molecule has 0 bridgehead atoms. The highest BCUT2D eigenvalue weighted by Gasteiger charge is 2.02. The molecular weight excluding hydrogens is 254 g/mol. The van der Waals surface area contributed by atoms with Gasteiger partial charge in [-0.05, 0) is 41.2 Å². The second kappa shape index (κ2) is 3.83. The summed E-state index contributed by atoms with van der Waals surface area (Å²) in [6.07, 6.45) is 4.27. The Morgan fingerprint density at radius 1 is 0.842 bits per heavy atom. The molecule has 4 aromatic rings. The van der Waals surface area contributed by atoms with Crippen molar-refractivity contribution in [1.29, 1.82) is 0 Å². The van der Waals surface area contributed by atoms with Crippen LogP contribution in [0.15, 0.2) is 54.9 Å². The topological polar surface area (TPSA) is 36.5 Å². The van der Waals surface area contributed by atoms with Gasteiger partial charge in [-0.1, -0.05) is 24.3 Å². The zero-order valence-electron chi connectivity index (χ0n) is 10.1. The highest BCUT2D eigenvalue weighted by atomic mass is 32.1. The van der Waals surface area contributed by atoms with Crippen LogP contribution in [0.25, 0.3) is 27.5 Å². The first-order valence-corrected chi connectivity index (χ1v) is 6.50. The Morgan fingerprint density at radius 3 is 2.26 bits per heavy atom. The predicted molar refractivity (Wildman–Crippen MR) is 80.3 cm³/mol. The molecule has 3 nitrogen and oxygen atoms in total. The van der Waals surface area contributed by atoms with Gasteiger partial charge in [-0.3, -0.25) is 0 Å². The van der Waals surface area contributed by atoms with E-state index in [0.29, 0.717) is 4.77 Å². The number of aromatic nitrogens is 3. The van der Waals surface area contributed by atoms with Crippen LogP contribution in [0.1, 0.15) is 0 Å². The minimum absolute atomic E-state index is 0.657. The molecule has 0 aliphatic rings. The third-order valence-corrected chi connectivity index (χ3v) is 3.55. The Morgan fingerprint density at radius 2 is 1.53 bits per heavy atom. The molecule has 0 saturated carbocycles. The number of nitrogens with one attached hydrogen (secondary N) is 2. The maximum Gasteiger partial charge on any atom is 0.175 e. The number of imidazole rings is 1. The molecule has 0 fully saturated rings. The molecule has 0 aliphatic heterocycles. The lowest BCUT2D eigenvalue weighted by atomic mass is 10.2. The van der Waals surface area contributed by atoms with E-state index in [9.17, 15) is 0 Å². The molecule has 19 heavy (non-hydrogen) atoms. The van der Waals surface area contributed by atoms with Crippen LogP contribution >= 0.6 is 12.2 Å². The fourth-order valence-electron chi connectivity index (χ4n) is 2.41. The Hall–Kier alpha value is -2.33. The van der Waals surface area contributed by atoms with Gasteiger partial charge in [0.1, 0.15) is 0 Å². The Kier molecular flexibility index (Phi) is 2.13. The summed E-state index contributed by atoms with van der Waals surface area (Å²) in [7, 11) is 0. The van der Waals surface area contributed by atoms with E-state index in [1.807, 2.05) is 6.07 Å². The molecule has 0 saturated heterocycles. The van der Waals surface area contributed by atoms with E-state index in [1.54, 1.807) is 0 Å². The van der Waals surface area contributed by atoms with E-state index in [0.717, 1.165) is 16.7 Å². The van der Waals surface area contributed by atoms with Gasteiger partial charge in [0.05, 0.1) is 11.0 Å². The van der Waals surface area contributed by atoms with Crippen molar-refractivity contribution >= 4 is 34.0 Å². The van der Waals surface area contributed by atoms with Crippen molar-refractivity contribution in [3.8, 4) is 5.69 Å². The molecule has 2 N–H and O–H groups in total. The van der Waals surface area contributed by atoms with Gasteiger partial charge in [-0.25, -0.2) is 0 Å². The molecule has 0 atom stereocenters.